The fourth-order valence-electron chi connectivity index (χ4n) is 1.85. The Labute approximate surface area is 110 Å². The number of hydrogen-bond acceptors (Lipinski definition) is 2. The molecule has 0 aliphatic rings. The van der Waals surface area contributed by atoms with Gasteiger partial charge in [-0.1, -0.05) is 31.5 Å². The van der Waals surface area contributed by atoms with Gasteiger partial charge in [0, 0.05) is 17.3 Å². The van der Waals surface area contributed by atoms with E-state index >= 15 is 0 Å². The van der Waals surface area contributed by atoms with Crippen LogP contribution < -0.4 is 10.6 Å². The molecule has 96 valence electrons. The summed E-state index contributed by atoms with van der Waals surface area (Å²) in [7, 11) is 2.00. The number of nitrogens with one attached hydrogen (secondary N) is 2. The predicted octanol–water partition coefficient (Wildman–Crippen LogP) is 3.55. The van der Waals surface area contributed by atoms with E-state index in [2.05, 4.69) is 30.5 Å². The molecule has 0 saturated heterocycles. The lowest BCUT2D eigenvalue weighted by atomic mass is 9.95. The molecule has 1 unspecified atom stereocenters. The zero-order valence-corrected chi connectivity index (χ0v) is 11.9. The average molecular weight is 255 g/mol. The minimum absolute atomic E-state index is 0.624. The number of hydrogen-bond donors (Lipinski definition) is 2. The summed E-state index contributed by atoms with van der Waals surface area (Å²) in [4.78, 5) is 0. The average Bonchev–Trinajstić information content (AvgIpc) is 2.29. The van der Waals surface area contributed by atoms with Crippen LogP contribution in [0.3, 0.4) is 0 Å². The van der Waals surface area contributed by atoms with Gasteiger partial charge in [-0.15, -0.1) is 0 Å². The van der Waals surface area contributed by atoms with Crippen LogP contribution in [0, 0.1) is 18.8 Å². The maximum Gasteiger partial charge on any atom is 0.0455 e. The van der Waals surface area contributed by atoms with Crippen LogP contribution in [0.4, 0.5) is 5.69 Å². The Morgan fingerprint density at radius 2 is 1.94 bits per heavy atom. The van der Waals surface area contributed by atoms with E-state index in [-0.39, 0.29) is 0 Å². The molecule has 0 radical (unpaired) electrons. The highest BCUT2D eigenvalue weighted by molar-refractivity contribution is 6.31. The number of anilines is 1. The van der Waals surface area contributed by atoms with E-state index in [4.69, 9.17) is 11.6 Å². The fourth-order valence-corrected chi connectivity index (χ4v) is 2.02. The molecular weight excluding hydrogens is 232 g/mol. The Hall–Kier alpha value is -0.730. The van der Waals surface area contributed by atoms with Gasteiger partial charge < -0.3 is 10.6 Å². The van der Waals surface area contributed by atoms with Crippen molar-refractivity contribution in [1.82, 2.24) is 5.32 Å². The molecular formula is C14H23ClN2. The van der Waals surface area contributed by atoms with Gasteiger partial charge in [0.05, 0.1) is 0 Å². The van der Waals surface area contributed by atoms with Crippen LogP contribution in [0.1, 0.15) is 19.4 Å². The van der Waals surface area contributed by atoms with Crippen LogP contribution >= 0.6 is 11.6 Å². The van der Waals surface area contributed by atoms with E-state index in [1.165, 1.54) is 0 Å². The van der Waals surface area contributed by atoms with Gasteiger partial charge in [-0.3, -0.25) is 0 Å². The maximum absolute atomic E-state index is 6.10. The SMILES string of the molecule is CNCC(CNc1cccc(Cl)c1C)C(C)C. The first kappa shape index (κ1) is 14.3. The molecule has 2 N–H and O–H groups in total. The van der Waals surface area contributed by atoms with Crippen LogP contribution in [-0.4, -0.2) is 20.1 Å². The summed E-state index contributed by atoms with van der Waals surface area (Å²) in [5.41, 5.74) is 2.26. The molecule has 0 amide bonds. The summed E-state index contributed by atoms with van der Waals surface area (Å²) in [5.74, 6) is 1.29. The van der Waals surface area contributed by atoms with Crippen molar-refractivity contribution < 1.29 is 0 Å². The first-order valence-electron chi connectivity index (χ1n) is 6.19. The van der Waals surface area contributed by atoms with Crippen LogP contribution in [-0.2, 0) is 0 Å². The maximum atomic E-state index is 6.10. The third-order valence-corrected chi connectivity index (χ3v) is 3.64. The Morgan fingerprint density at radius 3 is 2.53 bits per heavy atom. The monoisotopic (exact) mass is 254 g/mol. The van der Waals surface area contributed by atoms with Crippen molar-refractivity contribution in [3.63, 3.8) is 0 Å². The van der Waals surface area contributed by atoms with Gasteiger partial charge in [0.25, 0.3) is 0 Å². The van der Waals surface area contributed by atoms with E-state index in [9.17, 15) is 0 Å². The Morgan fingerprint density at radius 1 is 1.24 bits per heavy atom. The molecule has 1 aromatic rings. The number of rotatable bonds is 6. The second kappa shape index (κ2) is 6.87. The summed E-state index contributed by atoms with van der Waals surface area (Å²) < 4.78 is 0. The molecule has 2 nitrogen and oxygen atoms in total. The molecule has 17 heavy (non-hydrogen) atoms. The highest BCUT2D eigenvalue weighted by atomic mass is 35.5. The lowest BCUT2D eigenvalue weighted by Gasteiger charge is -2.22. The smallest absolute Gasteiger partial charge is 0.0455 e. The molecule has 1 aromatic carbocycles. The van der Waals surface area contributed by atoms with Crippen LogP contribution in [0.25, 0.3) is 0 Å². The third-order valence-electron chi connectivity index (χ3n) is 3.23. The van der Waals surface area contributed by atoms with Crippen molar-refractivity contribution in [1.29, 1.82) is 0 Å². The summed E-state index contributed by atoms with van der Waals surface area (Å²) in [6, 6.07) is 5.99. The second-order valence-electron chi connectivity index (χ2n) is 4.86. The molecule has 0 saturated carbocycles. The quantitative estimate of drug-likeness (QED) is 0.811. The van der Waals surface area contributed by atoms with Gasteiger partial charge in [0.2, 0.25) is 0 Å². The second-order valence-corrected chi connectivity index (χ2v) is 5.26. The lowest BCUT2D eigenvalue weighted by Crippen LogP contribution is -2.29. The van der Waals surface area contributed by atoms with Gasteiger partial charge in [-0.25, -0.2) is 0 Å². The predicted molar refractivity (Wildman–Crippen MR) is 76.9 cm³/mol. The lowest BCUT2D eigenvalue weighted by molar-refractivity contribution is 0.390. The highest BCUT2D eigenvalue weighted by Gasteiger charge is 2.12. The van der Waals surface area contributed by atoms with E-state index in [0.29, 0.717) is 11.8 Å². The zero-order chi connectivity index (χ0) is 12.8. The van der Waals surface area contributed by atoms with Crippen molar-refractivity contribution >= 4 is 17.3 Å². The molecule has 0 fully saturated rings. The molecule has 0 aliphatic heterocycles. The minimum atomic E-state index is 0.624. The van der Waals surface area contributed by atoms with Crippen LogP contribution in [0.15, 0.2) is 18.2 Å². The third kappa shape index (κ3) is 4.21. The van der Waals surface area contributed by atoms with Crippen molar-refractivity contribution in [2.45, 2.75) is 20.8 Å². The summed E-state index contributed by atoms with van der Waals surface area (Å²) in [6.45, 7) is 8.57. The van der Waals surface area contributed by atoms with Gasteiger partial charge in [-0.2, -0.15) is 0 Å². The van der Waals surface area contributed by atoms with Gasteiger partial charge in [-0.05, 0) is 50.0 Å². The topological polar surface area (TPSA) is 24.1 Å². The Balaban J connectivity index is 2.62. The summed E-state index contributed by atoms with van der Waals surface area (Å²) >= 11 is 6.10. The van der Waals surface area contributed by atoms with Crippen molar-refractivity contribution in [2.75, 3.05) is 25.5 Å². The molecule has 3 heteroatoms. The normalized spacial score (nSPS) is 12.8. The Bertz CT molecular complexity index is 350. The highest BCUT2D eigenvalue weighted by Crippen LogP contribution is 2.23. The van der Waals surface area contributed by atoms with Crippen molar-refractivity contribution in [3.8, 4) is 0 Å². The summed E-state index contributed by atoms with van der Waals surface area (Å²) in [6.07, 6.45) is 0. The molecule has 0 spiro atoms. The largest absolute Gasteiger partial charge is 0.384 e. The van der Waals surface area contributed by atoms with Crippen LogP contribution in [0.2, 0.25) is 5.02 Å². The molecule has 1 rings (SSSR count). The van der Waals surface area contributed by atoms with E-state index in [1.54, 1.807) is 0 Å². The molecule has 0 bridgehead atoms. The van der Waals surface area contributed by atoms with E-state index < -0.39 is 0 Å². The molecule has 0 heterocycles. The van der Waals surface area contributed by atoms with Gasteiger partial charge in [0.15, 0.2) is 0 Å². The molecule has 1 atom stereocenters. The van der Waals surface area contributed by atoms with E-state index in [1.807, 2.05) is 26.1 Å². The standard InChI is InChI=1S/C14H23ClN2/c1-10(2)12(8-16-4)9-17-14-7-5-6-13(15)11(14)3/h5-7,10,12,16-17H,8-9H2,1-4H3. The fraction of sp³-hybridized carbons (Fsp3) is 0.571. The first-order valence-corrected chi connectivity index (χ1v) is 6.57. The van der Waals surface area contributed by atoms with Crippen molar-refractivity contribution in [2.24, 2.45) is 11.8 Å². The zero-order valence-electron chi connectivity index (χ0n) is 11.2. The Kier molecular flexibility index (Phi) is 5.79. The number of benzene rings is 1. The summed E-state index contributed by atoms with van der Waals surface area (Å²) in [5, 5.41) is 7.56. The first-order chi connectivity index (χ1) is 8.06. The van der Waals surface area contributed by atoms with E-state index in [0.717, 1.165) is 29.4 Å². The van der Waals surface area contributed by atoms with Crippen molar-refractivity contribution in [3.05, 3.63) is 28.8 Å². The van der Waals surface area contributed by atoms with Gasteiger partial charge in [0.1, 0.15) is 0 Å². The minimum Gasteiger partial charge on any atom is -0.384 e. The number of halogens is 1. The molecule has 0 aromatic heterocycles. The van der Waals surface area contributed by atoms with Crippen LogP contribution in [0.5, 0.6) is 0 Å². The molecule has 0 aliphatic carbocycles. The van der Waals surface area contributed by atoms with Gasteiger partial charge >= 0.3 is 0 Å².